The van der Waals surface area contributed by atoms with E-state index in [1.54, 1.807) is 12.1 Å². The van der Waals surface area contributed by atoms with Crippen molar-refractivity contribution in [3.8, 4) is 0 Å². The molecule has 0 aromatic heterocycles. The van der Waals surface area contributed by atoms with Crippen LogP contribution in [0.4, 0.5) is 5.69 Å². The van der Waals surface area contributed by atoms with Crippen molar-refractivity contribution in [1.29, 1.82) is 0 Å². The van der Waals surface area contributed by atoms with Gasteiger partial charge in [-0.05, 0) is 37.1 Å². The number of primary sulfonamides is 1. The third-order valence-corrected chi connectivity index (χ3v) is 4.88. The van der Waals surface area contributed by atoms with E-state index in [9.17, 15) is 13.2 Å². The first kappa shape index (κ1) is 15.0. The van der Waals surface area contributed by atoms with E-state index in [4.69, 9.17) is 5.14 Å². The Balaban J connectivity index is 2.08. The smallest absolute Gasteiger partial charge is 0.238 e. The van der Waals surface area contributed by atoms with Crippen LogP contribution in [0.3, 0.4) is 0 Å². The molecular formula is C14H20N2O3S. The summed E-state index contributed by atoms with van der Waals surface area (Å²) in [4.78, 5) is 12.4. The maximum atomic E-state index is 12.3. The molecule has 0 saturated heterocycles. The van der Waals surface area contributed by atoms with E-state index in [-0.39, 0.29) is 16.2 Å². The average molecular weight is 296 g/mol. The first-order valence-electron chi connectivity index (χ1n) is 6.76. The number of nitrogens with two attached hydrogens (primary N) is 1. The quantitative estimate of drug-likeness (QED) is 0.896. The third kappa shape index (κ3) is 3.37. The second kappa shape index (κ2) is 5.54. The van der Waals surface area contributed by atoms with Crippen molar-refractivity contribution in [1.82, 2.24) is 0 Å². The zero-order valence-electron chi connectivity index (χ0n) is 11.6. The number of rotatable bonds is 3. The molecule has 1 saturated carbocycles. The summed E-state index contributed by atoms with van der Waals surface area (Å²) in [6, 6.07) is 5.91. The van der Waals surface area contributed by atoms with E-state index >= 15 is 0 Å². The van der Waals surface area contributed by atoms with E-state index in [0.717, 1.165) is 25.7 Å². The normalized spacial score (nSPS) is 18.5. The molecule has 110 valence electrons. The highest BCUT2D eigenvalue weighted by Crippen LogP contribution is 2.36. The lowest BCUT2D eigenvalue weighted by Crippen LogP contribution is -2.35. The second-order valence-electron chi connectivity index (χ2n) is 5.64. The highest BCUT2D eigenvalue weighted by molar-refractivity contribution is 7.89. The fourth-order valence-electron chi connectivity index (χ4n) is 2.57. The Labute approximate surface area is 119 Å². The molecule has 0 heterocycles. The fourth-order valence-corrected chi connectivity index (χ4v) is 3.08. The summed E-state index contributed by atoms with van der Waals surface area (Å²) in [5.41, 5.74) is 0.269. The van der Waals surface area contributed by atoms with Gasteiger partial charge in [0.1, 0.15) is 0 Å². The van der Waals surface area contributed by atoms with E-state index < -0.39 is 10.0 Å². The van der Waals surface area contributed by atoms with Gasteiger partial charge in [0.05, 0.1) is 4.90 Å². The number of hydrogen-bond donors (Lipinski definition) is 2. The molecule has 0 spiro atoms. The fraction of sp³-hybridized carbons (Fsp3) is 0.500. The minimum absolute atomic E-state index is 0.000514. The zero-order chi connectivity index (χ0) is 14.8. The van der Waals surface area contributed by atoms with Crippen molar-refractivity contribution in [2.45, 2.75) is 43.9 Å². The molecule has 1 fully saturated rings. The number of carbonyl (C=O) groups is 1. The summed E-state index contributed by atoms with van der Waals surface area (Å²) in [6.45, 7) is 1.99. The Kier molecular flexibility index (Phi) is 4.15. The topological polar surface area (TPSA) is 89.3 Å². The molecule has 1 aromatic rings. The minimum atomic E-state index is -3.69. The Bertz CT molecular complexity index is 587. The molecule has 1 aliphatic rings. The Morgan fingerprint density at radius 2 is 1.70 bits per heavy atom. The van der Waals surface area contributed by atoms with Crippen LogP contribution < -0.4 is 10.5 Å². The number of hydrogen-bond acceptors (Lipinski definition) is 3. The number of anilines is 1. The lowest BCUT2D eigenvalue weighted by atomic mass is 9.75. The van der Waals surface area contributed by atoms with Crippen LogP contribution in [0.2, 0.25) is 0 Å². The first-order valence-corrected chi connectivity index (χ1v) is 8.30. The molecule has 3 N–H and O–H groups in total. The van der Waals surface area contributed by atoms with E-state index in [2.05, 4.69) is 5.32 Å². The van der Waals surface area contributed by atoms with Gasteiger partial charge in [-0.1, -0.05) is 26.2 Å². The standard InChI is InChI=1S/C14H20N2O3S/c1-14(9-3-2-4-10-14)13(17)16-11-5-7-12(8-6-11)20(15,18)19/h5-8H,2-4,9-10H2,1H3,(H,16,17)(H2,15,18,19). The van der Waals surface area contributed by atoms with Crippen molar-refractivity contribution in [3.63, 3.8) is 0 Å². The number of carbonyl (C=O) groups excluding carboxylic acids is 1. The zero-order valence-corrected chi connectivity index (χ0v) is 12.4. The Morgan fingerprint density at radius 3 is 2.20 bits per heavy atom. The van der Waals surface area contributed by atoms with Crippen LogP contribution in [0.1, 0.15) is 39.0 Å². The third-order valence-electron chi connectivity index (χ3n) is 3.95. The van der Waals surface area contributed by atoms with Gasteiger partial charge in [0.25, 0.3) is 0 Å². The maximum absolute atomic E-state index is 12.3. The number of benzene rings is 1. The van der Waals surface area contributed by atoms with Crippen LogP contribution >= 0.6 is 0 Å². The molecule has 1 aliphatic carbocycles. The molecule has 1 aromatic carbocycles. The highest BCUT2D eigenvalue weighted by Gasteiger charge is 2.34. The molecule has 0 unspecified atom stereocenters. The molecule has 5 nitrogen and oxygen atoms in total. The largest absolute Gasteiger partial charge is 0.326 e. The van der Waals surface area contributed by atoms with Crippen molar-refractivity contribution in [2.24, 2.45) is 10.6 Å². The molecule has 2 rings (SSSR count). The summed E-state index contributed by atoms with van der Waals surface area (Å²) < 4.78 is 22.3. The van der Waals surface area contributed by atoms with Crippen molar-refractivity contribution in [3.05, 3.63) is 24.3 Å². The van der Waals surface area contributed by atoms with Crippen LogP contribution in [0.5, 0.6) is 0 Å². The van der Waals surface area contributed by atoms with Crippen molar-refractivity contribution >= 4 is 21.6 Å². The summed E-state index contributed by atoms with van der Waals surface area (Å²) in [5, 5.41) is 7.89. The van der Waals surface area contributed by atoms with E-state index in [1.165, 1.54) is 18.6 Å². The maximum Gasteiger partial charge on any atom is 0.238 e. The van der Waals surface area contributed by atoms with Gasteiger partial charge in [-0.2, -0.15) is 0 Å². The van der Waals surface area contributed by atoms with Crippen molar-refractivity contribution < 1.29 is 13.2 Å². The van der Waals surface area contributed by atoms with Crippen LogP contribution in [0, 0.1) is 5.41 Å². The van der Waals surface area contributed by atoms with Crippen LogP contribution in [-0.4, -0.2) is 14.3 Å². The SMILES string of the molecule is CC1(C(=O)Nc2ccc(S(N)(=O)=O)cc2)CCCCC1. The van der Waals surface area contributed by atoms with Gasteiger partial charge in [-0.25, -0.2) is 13.6 Å². The van der Waals surface area contributed by atoms with E-state index in [1.807, 2.05) is 6.92 Å². The van der Waals surface area contributed by atoms with Gasteiger partial charge >= 0.3 is 0 Å². The predicted molar refractivity (Wildman–Crippen MR) is 77.6 cm³/mol. The summed E-state index contributed by atoms with van der Waals surface area (Å²) in [5.74, 6) is 0.000514. The minimum Gasteiger partial charge on any atom is -0.326 e. The molecule has 1 amide bonds. The lowest BCUT2D eigenvalue weighted by Gasteiger charge is -2.32. The van der Waals surface area contributed by atoms with Gasteiger partial charge in [0.15, 0.2) is 0 Å². The van der Waals surface area contributed by atoms with Crippen LogP contribution in [-0.2, 0) is 14.8 Å². The molecule has 0 bridgehead atoms. The van der Waals surface area contributed by atoms with Crippen molar-refractivity contribution in [2.75, 3.05) is 5.32 Å². The van der Waals surface area contributed by atoms with Gasteiger partial charge < -0.3 is 5.32 Å². The molecule has 6 heteroatoms. The highest BCUT2D eigenvalue weighted by atomic mass is 32.2. The molecule has 0 atom stereocenters. The number of nitrogens with one attached hydrogen (secondary N) is 1. The molecule has 20 heavy (non-hydrogen) atoms. The predicted octanol–water partition coefficient (Wildman–Crippen LogP) is 2.24. The molecular weight excluding hydrogens is 276 g/mol. The molecule has 0 aliphatic heterocycles. The second-order valence-corrected chi connectivity index (χ2v) is 7.21. The monoisotopic (exact) mass is 296 g/mol. The summed E-state index contributed by atoms with van der Waals surface area (Å²) in [7, 11) is -3.69. The van der Waals surface area contributed by atoms with Gasteiger partial charge in [-0.15, -0.1) is 0 Å². The summed E-state index contributed by atoms with van der Waals surface area (Å²) >= 11 is 0. The molecule has 0 radical (unpaired) electrons. The van der Waals surface area contributed by atoms with E-state index in [0.29, 0.717) is 5.69 Å². The Hall–Kier alpha value is -1.40. The Morgan fingerprint density at radius 1 is 1.15 bits per heavy atom. The number of sulfonamides is 1. The van der Waals surface area contributed by atoms with Crippen LogP contribution in [0.25, 0.3) is 0 Å². The van der Waals surface area contributed by atoms with Gasteiger partial charge in [0.2, 0.25) is 15.9 Å². The summed E-state index contributed by atoms with van der Waals surface area (Å²) in [6.07, 6.45) is 5.14. The number of amides is 1. The van der Waals surface area contributed by atoms with Crippen LogP contribution in [0.15, 0.2) is 29.2 Å². The van der Waals surface area contributed by atoms with Gasteiger partial charge in [-0.3, -0.25) is 4.79 Å². The first-order chi connectivity index (χ1) is 9.31. The lowest BCUT2D eigenvalue weighted by molar-refractivity contribution is -0.126. The average Bonchev–Trinajstić information content (AvgIpc) is 2.39. The van der Waals surface area contributed by atoms with Gasteiger partial charge in [0, 0.05) is 11.1 Å².